The maximum atomic E-state index is 12.7. The van der Waals surface area contributed by atoms with Crippen molar-refractivity contribution in [1.82, 2.24) is 9.21 Å². The lowest BCUT2D eigenvalue weighted by atomic mass is 10.1. The van der Waals surface area contributed by atoms with Crippen LogP contribution in [0.4, 0.5) is 5.69 Å². The van der Waals surface area contributed by atoms with Gasteiger partial charge in [-0.15, -0.1) is 0 Å². The van der Waals surface area contributed by atoms with Crippen LogP contribution in [-0.4, -0.2) is 49.4 Å². The van der Waals surface area contributed by atoms with Crippen LogP contribution in [0, 0.1) is 0 Å². The molecule has 1 aliphatic rings. The molecule has 0 aliphatic carbocycles. The molecule has 4 rings (SSSR count). The van der Waals surface area contributed by atoms with Gasteiger partial charge in [-0.25, -0.2) is 8.42 Å². The number of fused-ring (bicyclic) bond motifs is 1. The minimum Gasteiger partial charge on any atom is -0.468 e. The van der Waals surface area contributed by atoms with E-state index in [4.69, 9.17) is 4.42 Å². The smallest absolute Gasteiger partial charge is 0.261 e. The lowest BCUT2D eigenvalue weighted by molar-refractivity contribution is 0.0692. The summed E-state index contributed by atoms with van der Waals surface area (Å²) in [7, 11) is -0.939. The SMILES string of the molecule is CN1C(=O)c2ccc(NC(=O)c3ccc(S(=O)(=O)N(C)Cc4ccco4)cc3)cc2C1=O. The maximum Gasteiger partial charge on any atom is 0.261 e. The van der Waals surface area contributed by atoms with Crippen LogP contribution < -0.4 is 5.32 Å². The molecule has 0 spiro atoms. The minimum absolute atomic E-state index is 0.0350. The number of furan rings is 1. The van der Waals surface area contributed by atoms with E-state index in [0.29, 0.717) is 11.4 Å². The number of hydrogen-bond acceptors (Lipinski definition) is 6. The number of benzene rings is 2. The molecule has 1 aliphatic heterocycles. The van der Waals surface area contributed by atoms with E-state index in [-0.39, 0.29) is 28.1 Å². The molecule has 1 aromatic heterocycles. The normalized spacial score (nSPS) is 13.5. The van der Waals surface area contributed by atoms with Crippen LogP contribution in [-0.2, 0) is 16.6 Å². The second-order valence-electron chi connectivity index (χ2n) is 7.25. The molecule has 32 heavy (non-hydrogen) atoms. The molecule has 0 unspecified atom stereocenters. The number of amides is 3. The van der Waals surface area contributed by atoms with Crippen molar-refractivity contribution in [3.63, 3.8) is 0 Å². The van der Waals surface area contributed by atoms with Crippen molar-refractivity contribution in [2.24, 2.45) is 0 Å². The second kappa shape index (κ2) is 8.06. The van der Waals surface area contributed by atoms with Gasteiger partial charge < -0.3 is 9.73 Å². The fourth-order valence-corrected chi connectivity index (χ4v) is 4.44. The van der Waals surface area contributed by atoms with Crippen molar-refractivity contribution < 1.29 is 27.2 Å². The van der Waals surface area contributed by atoms with Gasteiger partial charge >= 0.3 is 0 Å². The van der Waals surface area contributed by atoms with Crippen molar-refractivity contribution in [2.75, 3.05) is 19.4 Å². The molecule has 3 aromatic rings. The fourth-order valence-electron chi connectivity index (χ4n) is 3.31. The quantitative estimate of drug-likeness (QED) is 0.574. The molecular formula is C22H19N3O6S. The van der Waals surface area contributed by atoms with Crippen molar-refractivity contribution in [1.29, 1.82) is 0 Å². The van der Waals surface area contributed by atoms with Gasteiger partial charge in [0.05, 0.1) is 28.8 Å². The Morgan fingerprint density at radius 2 is 1.72 bits per heavy atom. The van der Waals surface area contributed by atoms with Crippen molar-refractivity contribution in [3.05, 3.63) is 83.3 Å². The summed E-state index contributed by atoms with van der Waals surface area (Å²) in [5.74, 6) is -0.804. The monoisotopic (exact) mass is 453 g/mol. The molecule has 0 radical (unpaired) electrons. The van der Waals surface area contributed by atoms with Gasteiger partial charge in [0.15, 0.2) is 0 Å². The highest BCUT2D eigenvalue weighted by Crippen LogP contribution is 2.25. The number of carbonyl (C=O) groups is 3. The zero-order valence-corrected chi connectivity index (χ0v) is 18.0. The first-order chi connectivity index (χ1) is 15.2. The Bertz CT molecular complexity index is 1310. The van der Waals surface area contributed by atoms with E-state index in [9.17, 15) is 22.8 Å². The Morgan fingerprint density at radius 3 is 2.38 bits per heavy atom. The summed E-state index contributed by atoms with van der Waals surface area (Å²) in [6.45, 7) is 0.0757. The molecule has 2 aromatic carbocycles. The predicted octanol–water partition coefficient (Wildman–Crippen LogP) is 2.58. The first kappa shape index (κ1) is 21.5. The van der Waals surface area contributed by atoms with Crippen LogP contribution in [0.5, 0.6) is 0 Å². The molecule has 0 bridgehead atoms. The second-order valence-corrected chi connectivity index (χ2v) is 9.29. The van der Waals surface area contributed by atoms with Crippen LogP contribution in [0.15, 0.2) is 70.2 Å². The van der Waals surface area contributed by atoms with Gasteiger partial charge in [-0.2, -0.15) is 4.31 Å². The molecule has 0 fully saturated rings. The summed E-state index contributed by atoms with van der Waals surface area (Å²) < 4.78 is 31.8. The van der Waals surface area contributed by atoms with Crippen LogP contribution in [0.25, 0.3) is 0 Å². The van der Waals surface area contributed by atoms with E-state index < -0.39 is 27.7 Å². The van der Waals surface area contributed by atoms with Gasteiger partial charge in [0.25, 0.3) is 17.7 Å². The number of anilines is 1. The molecule has 1 N–H and O–H groups in total. The number of nitrogens with one attached hydrogen (secondary N) is 1. The number of sulfonamides is 1. The largest absolute Gasteiger partial charge is 0.468 e. The van der Waals surface area contributed by atoms with E-state index in [0.717, 1.165) is 9.21 Å². The molecule has 164 valence electrons. The van der Waals surface area contributed by atoms with E-state index in [1.165, 1.54) is 62.8 Å². The van der Waals surface area contributed by atoms with Crippen LogP contribution in [0.2, 0.25) is 0 Å². The van der Waals surface area contributed by atoms with Gasteiger partial charge in [0.1, 0.15) is 5.76 Å². The molecule has 0 saturated carbocycles. The highest BCUT2D eigenvalue weighted by Gasteiger charge is 2.32. The molecule has 2 heterocycles. The van der Waals surface area contributed by atoms with Gasteiger partial charge in [0.2, 0.25) is 10.0 Å². The molecule has 0 saturated heterocycles. The first-order valence-corrected chi connectivity index (χ1v) is 11.0. The Kier molecular flexibility index (Phi) is 5.41. The van der Waals surface area contributed by atoms with E-state index in [2.05, 4.69) is 5.32 Å². The van der Waals surface area contributed by atoms with Crippen molar-refractivity contribution >= 4 is 33.4 Å². The highest BCUT2D eigenvalue weighted by molar-refractivity contribution is 7.89. The predicted molar refractivity (Wildman–Crippen MR) is 115 cm³/mol. The van der Waals surface area contributed by atoms with Crippen LogP contribution in [0.1, 0.15) is 36.8 Å². The Morgan fingerprint density at radius 1 is 1.03 bits per heavy atom. The maximum absolute atomic E-state index is 12.7. The minimum atomic E-state index is -3.77. The van der Waals surface area contributed by atoms with Crippen LogP contribution >= 0.6 is 0 Å². The summed E-state index contributed by atoms with van der Waals surface area (Å²) in [4.78, 5) is 37.7. The number of rotatable bonds is 6. The molecule has 9 nitrogen and oxygen atoms in total. The number of imide groups is 1. The van der Waals surface area contributed by atoms with Gasteiger partial charge in [-0.3, -0.25) is 19.3 Å². The lowest BCUT2D eigenvalue weighted by Gasteiger charge is -2.16. The standard InChI is InChI=1S/C22H19N3O6S/c1-24(13-16-4-3-11-31-16)32(29,30)17-8-5-14(6-9-17)20(26)23-15-7-10-18-19(12-15)22(28)25(2)21(18)27/h3-12H,13H2,1-2H3,(H,23,26). The molecule has 3 amide bonds. The average Bonchev–Trinajstić information content (AvgIpc) is 3.37. The average molecular weight is 453 g/mol. The van der Waals surface area contributed by atoms with Gasteiger partial charge in [-0.1, -0.05) is 0 Å². The van der Waals surface area contributed by atoms with Crippen molar-refractivity contribution in [3.8, 4) is 0 Å². The topological polar surface area (TPSA) is 117 Å². The van der Waals surface area contributed by atoms with Crippen molar-refractivity contribution in [2.45, 2.75) is 11.4 Å². The van der Waals surface area contributed by atoms with Gasteiger partial charge in [0, 0.05) is 25.3 Å². The Labute approximate surface area is 184 Å². The molecule has 0 atom stereocenters. The summed E-state index contributed by atoms with van der Waals surface area (Å²) in [5.41, 5.74) is 1.08. The van der Waals surface area contributed by atoms with Gasteiger partial charge in [-0.05, 0) is 54.6 Å². The van der Waals surface area contributed by atoms with E-state index in [1.54, 1.807) is 12.1 Å². The zero-order valence-electron chi connectivity index (χ0n) is 17.2. The summed E-state index contributed by atoms with van der Waals surface area (Å²) >= 11 is 0. The number of nitrogens with zero attached hydrogens (tertiary/aromatic N) is 2. The number of hydrogen-bond donors (Lipinski definition) is 1. The fraction of sp³-hybridized carbons (Fsp3) is 0.136. The Hall–Kier alpha value is -3.76. The molecule has 10 heteroatoms. The Balaban J connectivity index is 1.48. The van der Waals surface area contributed by atoms with E-state index >= 15 is 0 Å². The zero-order chi connectivity index (χ0) is 23.0. The van der Waals surface area contributed by atoms with Crippen LogP contribution in [0.3, 0.4) is 0 Å². The highest BCUT2D eigenvalue weighted by atomic mass is 32.2. The molecular weight excluding hydrogens is 434 g/mol. The third-order valence-corrected chi connectivity index (χ3v) is 6.95. The summed E-state index contributed by atoms with van der Waals surface area (Å²) in [6.07, 6.45) is 1.47. The van der Waals surface area contributed by atoms with E-state index in [1.807, 2.05) is 0 Å². The lowest BCUT2D eigenvalue weighted by Crippen LogP contribution is -2.26. The summed E-state index contributed by atoms with van der Waals surface area (Å²) in [5, 5.41) is 2.66. The number of carbonyl (C=O) groups excluding carboxylic acids is 3. The first-order valence-electron chi connectivity index (χ1n) is 9.55. The third kappa shape index (κ3) is 3.81. The summed E-state index contributed by atoms with van der Waals surface area (Å²) in [6, 6.07) is 13.3. The third-order valence-electron chi connectivity index (χ3n) is 5.13.